The normalized spacial score (nSPS) is 20.5. The first-order valence-corrected chi connectivity index (χ1v) is 16.2. The van der Waals surface area contributed by atoms with Crippen LogP contribution in [-0.4, -0.2) is 71.8 Å². The van der Waals surface area contributed by atoms with Crippen molar-refractivity contribution in [2.75, 3.05) is 13.1 Å². The average Bonchev–Trinajstić information content (AvgIpc) is 3.09. The average molecular weight is 684 g/mol. The van der Waals surface area contributed by atoms with E-state index in [9.17, 15) is 33.9 Å². The van der Waals surface area contributed by atoms with Gasteiger partial charge in [-0.3, -0.25) is 24.0 Å². The third kappa shape index (κ3) is 11.6. The van der Waals surface area contributed by atoms with Crippen LogP contribution in [0.5, 0.6) is 11.5 Å². The van der Waals surface area contributed by atoms with Gasteiger partial charge in [-0.25, -0.2) is 4.79 Å². The summed E-state index contributed by atoms with van der Waals surface area (Å²) in [5, 5.41) is 22.6. The Hall–Kier alpha value is -5.98. The number of ether oxygens (including phenoxy) is 1. The first-order valence-electron chi connectivity index (χ1n) is 16.2. The summed E-state index contributed by atoms with van der Waals surface area (Å²) in [7, 11) is 0. The molecule has 1 aliphatic heterocycles. The number of aromatic hydroxyl groups is 1. The van der Waals surface area contributed by atoms with Crippen LogP contribution in [0.1, 0.15) is 37.0 Å². The Morgan fingerprint density at radius 2 is 1.28 bits per heavy atom. The number of carbonyl (C=O) groups is 6. The lowest BCUT2D eigenvalue weighted by molar-refractivity contribution is -0.140. The highest BCUT2D eigenvalue weighted by molar-refractivity contribution is 5.97. The number of hydrogen-bond donors (Lipinski definition) is 6. The van der Waals surface area contributed by atoms with Crippen molar-refractivity contribution in [3.05, 3.63) is 102 Å². The highest BCUT2D eigenvalue weighted by Crippen LogP contribution is 2.21. The monoisotopic (exact) mass is 683 g/mol. The minimum absolute atomic E-state index is 0.0237. The number of phenols is 1. The van der Waals surface area contributed by atoms with Gasteiger partial charge in [0.05, 0.1) is 13.1 Å². The van der Waals surface area contributed by atoms with E-state index >= 15 is 0 Å². The van der Waals surface area contributed by atoms with Crippen molar-refractivity contribution in [2.24, 2.45) is 5.92 Å². The van der Waals surface area contributed by atoms with Crippen LogP contribution in [0.4, 0.5) is 0 Å². The molecule has 0 aliphatic carbocycles. The van der Waals surface area contributed by atoms with Crippen LogP contribution in [0, 0.1) is 5.92 Å². The molecule has 1 aliphatic rings. The Balaban J connectivity index is 1.64. The second kappa shape index (κ2) is 18.0. The highest BCUT2D eigenvalue weighted by Gasteiger charge is 2.29. The van der Waals surface area contributed by atoms with Gasteiger partial charge in [-0.05, 0) is 47.7 Å². The molecule has 0 bridgehead atoms. The van der Waals surface area contributed by atoms with Gasteiger partial charge in [-0.1, -0.05) is 74.5 Å². The molecule has 3 aromatic carbocycles. The van der Waals surface area contributed by atoms with Crippen LogP contribution >= 0.6 is 0 Å². The predicted octanol–water partition coefficient (Wildman–Crippen LogP) is 1.54. The van der Waals surface area contributed by atoms with Crippen LogP contribution in [0.3, 0.4) is 0 Å². The number of carbonyl (C=O) groups excluding carboxylic acids is 6. The molecule has 6 N–H and O–H groups in total. The molecule has 4 rings (SSSR count). The minimum Gasteiger partial charge on any atom is -0.508 e. The highest BCUT2D eigenvalue weighted by atomic mass is 16.5. The van der Waals surface area contributed by atoms with Crippen LogP contribution < -0.4 is 31.3 Å². The number of benzene rings is 3. The second-order valence-corrected chi connectivity index (χ2v) is 12.2. The lowest BCUT2D eigenvalue weighted by Crippen LogP contribution is -2.55. The molecule has 3 aromatic rings. The van der Waals surface area contributed by atoms with E-state index in [4.69, 9.17) is 4.74 Å². The fraction of sp³-hybridized carbons (Fsp3) is 0.297. The number of amides is 5. The Morgan fingerprint density at radius 1 is 0.660 bits per heavy atom. The number of esters is 1. The van der Waals surface area contributed by atoms with Crippen molar-refractivity contribution in [3.8, 4) is 11.5 Å². The minimum atomic E-state index is -1.12. The number of nitrogens with one attached hydrogen (secondary N) is 5. The molecule has 50 heavy (non-hydrogen) atoms. The Bertz CT molecular complexity index is 1710. The number of rotatable bonds is 6. The van der Waals surface area contributed by atoms with Crippen molar-refractivity contribution >= 4 is 41.6 Å². The van der Waals surface area contributed by atoms with E-state index in [1.165, 1.54) is 24.3 Å². The van der Waals surface area contributed by atoms with E-state index < -0.39 is 66.7 Å². The van der Waals surface area contributed by atoms with Gasteiger partial charge >= 0.3 is 5.97 Å². The van der Waals surface area contributed by atoms with Gasteiger partial charge < -0.3 is 36.4 Å². The van der Waals surface area contributed by atoms with E-state index in [1.54, 1.807) is 60.7 Å². The van der Waals surface area contributed by atoms with Crippen molar-refractivity contribution in [1.82, 2.24) is 26.6 Å². The zero-order valence-corrected chi connectivity index (χ0v) is 27.8. The molecule has 5 amide bonds. The lowest BCUT2D eigenvalue weighted by Gasteiger charge is -2.24. The molecule has 0 radical (unpaired) electrons. The van der Waals surface area contributed by atoms with E-state index in [1.807, 2.05) is 19.9 Å². The van der Waals surface area contributed by atoms with E-state index in [-0.39, 0.29) is 36.7 Å². The summed E-state index contributed by atoms with van der Waals surface area (Å²) in [6.45, 7) is 2.77. The fourth-order valence-electron chi connectivity index (χ4n) is 5.15. The topological polar surface area (TPSA) is 192 Å². The smallest absolute Gasteiger partial charge is 0.334 e. The van der Waals surface area contributed by atoms with E-state index in [2.05, 4.69) is 26.6 Å². The Kier molecular flexibility index (Phi) is 13.2. The van der Waals surface area contributed by atoms with Gasteiger partial charge in [0.15, 0.2) is 0 Å². The second-order valence-electron chi connectivity index (χ2n) is 12.2. The van der Waals surface area contributed by atoms with Crippen LogP contribution in [0.15, 0.2) is 84.9 Å². The molecule has 262 valence electrons. The van der Waals surface area contributed by atoms with Gasteiger partial charge in [0.2, 0.25) is 29.5 Å². The summed E-state index contributed by atoms with van der Waals surface area (Å²) in [6.07, 6.45) is 2.97. The first-order chi connectivity index (χ1) is 24.0. The summed E-state index contributed by atoms with van der Waals surface area (Å²) in [4.78, 5) is 79.0. The zero-order valence-electron chi connectivity index (χ0n) is 27.8. The SMILES string of the molecule is CC(C)C[C@H]1NC(=O)[C@H](Cc2ccccc2)NC(=O)CNC(=O)CNC(=O)[C@@H](Cc2ccc(O)cc2)NC(=O)/C=C\c2ccccc2OC1=O. The maximum atomic E-state index is 13.6. The predicted molar refractivity (Wildman–Crippen MR) is 184 cm³/mol. The number of para-hydroxylation sites is 1. The summed E-state index contributed by atoms with van der Waals surface area (Å²) in [5.41, 5.74) is 1.75. The maximum Gasteiger partial charge on any atom is 0.334 e. The molecule has 1 heterocycles. The third-order valence-corrected chi connectivity index (χ3v) is 7.66. The maximum absolute atomic E-state index is 13.6. The first kappa shape index (κ1) is 36.8. The van der Waals surface area contributed by atoms with Gasteiger partial charge in [0.25, 0.3) is 0 Å². The summed E-state index contributed by atoms with van der Waals surface area (Å²) in [6, 6.07) is 18.3. The molecule has 0 unspecified atom stereocenters. The summed E-state index contributed by atoms with van der Waals surface area (Å²) in [5.74, 6) is -3.91. The van der Waals surface area contributed by atoms with Crippen LogP contribution in [0.2, 0.25) is 0 Å². The lowest BCUT2D eigenvalue weighted by atomic mass is 10.0. The molecule has 0 saturated carbocycles. The van der Waals surface area contributed by atoms with Crippen LogP contribution in [-0.2, 0) is 41.6 Å². The fourth-order valence-corrected chi connectivity index (χ4v) is 5.15. The van der Waals surface area contributed by atoms with Crippen molar-refractivity contribution in [2.45, 2.75) is 51.2 Å². The number of fused-ring (bicyclic) bond motifs is 1. The summed E-state index contributed by atoms with van der Waals surface area (Å²) < 4.78 is 5.75. The molecule has 13 nitrogen and oxygen atoms in total. The zero-order chi connectivity index (χ0) is 36.0. The molecule has 0 fully saturated rings. The molecule has 13 heteroatoms. The summed E-state index contributed by atoms with van der Waals surface area (Å²) >= 11 is 0. The van der Waals surface area contributed by atoms with Gasteiger partial charge in [-0.2, -0.15) is 0 Å². The van der Waals surface area contributed by atoms with Crippen molar-refractivity contribution < 1.29 is 38.6 Å². The molecular formula is C37H41N5O8. The van der Waals surface area contributed by atoms with E-state index in [0.29, 0.717) is 11.1 Å². The van der Waals surface area contributed by atoms with Crippen molar-refractivity contribution in [3.63, 3.8) is 0 Å². The molecule has 0 spiro atoms. The van der Waals surface area contributed by atoms with Gasteiger partial charge in [0.1, 0.15) is 29.6 Å². The number of hydrogen-bond acceptors (Lipinski definition) is 8. The van der Waals surface area contributed by atoms with E-state index in [0.717, 1.165) is 5.56 Å². The van der Waals surface area contributed by atoms with Crippen LogP contribution in [0.25, 0.3) is 6.08 Å². The molecule has 3 atom stereocenters. The van der Waals surface area contributed by atoms with Crippen molar-refractivity contribution in [1.29, 1.82) is 0 Å². The largest absolute Gasteiger partial charge is 0.508 e. The molecule has 0 aromatic heterocycles. The standard InChI is InChI=1S/C37H41N5O8/c1-23(2)18-30-37(49)50-31-11-7-6-10-26(31)14-17-32(44)40-28(20-25-12-15-27(43)16-13-25)35(47)39-21-33(45)38-22-34(46)41-29(36(48)42-30)19-24-8-4-3-5-9-24/h3-17,23,28-30,43H,18-22H2,1-2H3,(H,38,45)(H,39,47)(H,40,44)(H,41,46)(H,42,48)/b17-14-/t28-,29+,30-/m1/s1. The molecule has 0 saturated heterocycles. The Labute approximate surface area is 289 Å². The number of phenolic OH excluding ortho intramolecular Hbond substituents is 1. The third-order valence-electron chi connectivity index (χ3n) is 7.66. The quantitative estimate of drug-likeness (QED) is 0.167. The Morgan fingerprint density at radius 3 is 1.98 bits per heavy atom. The van der Waals surface area contributed by atoms with Gasteiger partial charge in [-0.15, -0.1) is 0 Å². The van der Waals surface area contributed by atoms with Gasteiger partial charge in [0, 0.05) is 24.5 Å². The molecular weight excluding hydrogens is 642 g/mol.